The standard InChI is InChI=1S/C19H28N4O3/c1-14(2)12-20-19(26)21-18(25)13-22-8-10-23(11-9-22)17-6-4-16(5-7-17)15(3)24/h4-7,14H,8-13H2,1-3H3,(H2,20,21,25,26)/p+1. The molecule has 0 aliphatic carbocycles. The molecular weight excluding hydrogens is 332 g/mol. The first-order chi connectivity index (χ1) is 12.3. The van der Waals surface area contributed by atoms with E-state index in [9.17, 15) is 14.4 Å². The lowest BCUT2D eigenvalue weighted by molar-refractivity contribution is -0.892. The van der Waals surface area contributed by atoms with Crippen LogP contribution in [0, 0.1) is 5.92 Å². The number of carbonyl (C=O) groups is 3. The van der Waals surface area contributed by atoms with Gasteiger partial charge in [0, 0.05) is 17.8 Å². The van der Waals surface area contributed by atoms with E-state index in [2.05, 4.69) is 15.5 Å². The number of anilines is 1. The molecular formula is C19H29N4O3+. The SMILES string of the molecule is CC(=O)c1ccc(N2CC[NH+](CC(=O)NC(=O)NCC(C)C)CC2)cc1. The number of ketones is 1. The number of rotatable bonds is 6. The zero-order valence-electron chi connectivity index (χ0n) is 15.8. The lowest BCUT2D eigenvalue weighted by Gasteiger charge is -2.33. The van der Waals surface area contributed by atoms with Crippen molar-refractivity contribution in [3.8, 4) is 0 Å². The van der Waals surface area contributed by atoms with Crippen LogP contribution in [0.3, 0.4) is 0 Å². The molecule has 1 aromatic carbocycles. The first kappa shape index (κ1) is 19.9. The second-order valence-electron chi connectivity index (χ2n) is 7.17. The van der Waals surface area contributed by atoms with Gasteiger partial charge in [-0.2, -0.15) is 0 Å². The summed E-state index contributed by atoms with van der Waals surface area (Å²) in [6, 6.07) is 7.20. The number of nitrogens with zero attached hydrogens (tertiary/aromatic N) is 1. The van der Waals surface area contributed by atoms with E-state index in [1.165, 1.54) is 0 Å². The van der Waals surface area contributed by atoms with E-state index >= 15 is 0 Å². The van der Waals surface area contributed by atoms with Crippen molar-refractivity contribution in [2.75, 3.05) is 44.2 Å². The van der Waals surface area contributed by atoms with Crippen LogP contribution in [0.1, 0.15) is 31.1 Å². The van der Waals surface area contributed by atoms with Crippen molar-refractivity contribution in [3.63, 3.8) is 0 Å². The first-order valence-electron chi connectivity index (χ1n) is 9.12. The molecule has 0 bridgehead atoms. The summed E-state index contributed by atoms with van der Waals surface area (Å²) in [6.45, 7) is 9.73. The Morgan fingerprint density at radius 3 is 2.27 bits per heavy atom. The molecule has 1 saturated heterocycles. The Hall–Kier alpha value is -2.41. The Labute approximate surface area is 154 Å². The van der Waals surface area contributed by atoms with Gasteiger partial charge in [0.25, 0.3) is 5.91 Å². The molecule has 0 saturated carbocycles. The van der Waals surface area contributed by atoms with Crippen LogP contribution in [0.25, 0.3) is 0 Å². The lowest BCUT2D eigenvalue weighted by atomic mass is 10.1. The van der Waals surface area contributed by atoms with E-state index in [0.717, 1.165) is 36.8 Å². The maximum absolute atomic E-state index is 12.0. The van der Waals surface area contributed by atoms with Crippen LogP contribution in [0.15, 0.2) is 24.3 Å². The van der Waals surface area contributed by atoms with Gasteiger partial charge < -0.3 is 15.1 Å². The van der Waals surface area contributed by atoms with Crippen LogP contribution in [0.5, 0.6) is 0 Å². The first-order valence-corrected chi connectivity index (χ1v) is 9.12. The maximum Gasteiger partial charge on any atom is 0.321 e. The summed E-state index contributed by atoms with van der Waals surface area (Å²) in [4.78, 5) is 38.4. The van der Waals surface area contributed by atoms with E-state index in [1.54, 1.807) is 6.92 Å². The Balaban J connectivity index is 1.75. The highest BCUT2D eigenvalue weighted by molar-refractivity contribution is 5.95. The largest absolute Gasteiger partial charge is 0.360 e. The smallest absolute Gasteiger partial charge is 0.321 e. The summed E-state index contributed by atoms with van der Waals surface area (Å²) >= 11 is 0. The molecule has 1 heterocycles. The monoisotopic (exact) mass is 361 g/mol. The molecule has 142 valence electrons. The third-order valence-electron chi connectivity index (χ3n) is 4.44. The summed E-state index contributed by atoms with van der Waals surface area (Å²) in [5, 5.41) is 5.07. The number of Topliss-reactive ketones (excluding diaryl/α,β-unsaturated/α-hetero) is 1. The summed E-state index contributed by atoms with van der Waals surface area (Å²) in [7, 11) is 0. The number of amides is 3. The highest BCUT2D eigenvalue weighted by Gasteiger charge is 2.23. The van der Waals surface area contributed by atoms with Crippen LogP contribution < -0.4 is 20.4 Å². The molecule has 7 heteroatoms. The predicted octanol–water partition coefficient (Wildman–Crippen LogP) is 0.0759. The Morgan fingerprint density at radius 1 is 1.12 bits per heavy atom. The van der Waals surface area contributed by atoms with Gasteiger partial charge in [-0.1, -0.05) is 13.8 Å². The highest BCUT2D eigenvalue weighted by Crippen LogP contribution is 2.15. The van der Waals surface area contributed by atoms with E-state index in [-0.39, 0.29) is 11.7 Å². The van der Waals surface area contributed by atoms with Crippen molar-refractivity contribution in [3.05, 3.63) is 29.8 Å². The topological polar surface area (TPSA) is 83.0 Å². The molecule has 0 aromatic heterocycles. The highest BCUT2D eigenvalue weighted by atomic mass is 16.2. The van der Waals surface area contributed by atoms with Crippen molar-refractivity contribution >= 4 is 23.4 Å². The van der Waals surface area contributed by atoms with Gasteiger partial charge in [-0.3, -0.25) is 14.9 Å². The van der Waals surface area contributed by atoms with Crippen molar-refractivity contribution in [2.24, 2.45) is 5.92 Å². The number of quaternary nitrogens is 1. The zero-order chi connectivity index (χ0) is 19.1. The minimum absolute atomic E-state index is 0.0641. The van der Waals surface area contributed by atoms with Crippen molar-refractivity contribution in [1.82, 2.24) is 10.6 Å². The van der Waals surface area contributed by atoms with Crippen molar-refractivity contribution < 1.29 is 19.3 Å². The number of benzene rings is 1. The molecule has 0 spiro atoms. The number of piperazine rings is 1. The van der Waals surface area contributed by atoms with E-state index in [0.29, 0.717) is 24.6 Å². The number of urea groups is 1. The fourth-order valence-corrected chi connectivity index (χ4v) is 2.90. The fraction of sp³-hybridized carbons (Fsp3) is 0.526. The van der Waals surface area contributed by atoms with Gasteiger partial charge in [-0.05, 0) is 37.1 Å². The van der Waals surface area contributed by atoms with Gasteiger partial charge in [0.2, 0.25) is 0 Å². The molecule has 1 aromatic rings. The number of imide groups is 1. The summed E-state index contributed by atoms with van der Waals surface area (Å²) < 4.78 is 0. The van der Waals surface area contributed by atoms with Crippen LogP contribution in [-0.2, 0) is 4.79 Å². The number of hydrogen-bond donors (Lipinski definition) is 3. The Morgan fingerprint density at radius 2 is 1.73 bits per heavy atom. The second-order valence-corrected chi connectivity index (χ2v) is 7.17. The average molecular weight is 361 g/mol. The van der Waals surface area contributed by atoms with Crippen LogP contribution in [-0.4, -0.2) is 57.0 Å². The summed E-state index contributed by atoms with van der Waals surface area (Å²) in [5.41, 5.74) is 1.80. The second kappa shape index (κ2) is 9.33. The molecule has 0 atom stereocenters. The fourth-order valence-electron chi connectivity index (χ4n) is 2.90. The van der Waals surface area contributed by atoms with E-state index < -0.39 is 6.03 Å². The summed E-state index contributed by atoms with van der Waals surface area (Å²) in [5.74, 6) is 0.161. The van der Waals surface area contributed by atoms with Gasteiger partial charge in [0.05, 0.1) is 26.2 Å². The molecule has 0 unspecified atom stereocenters. The number of nitrogens with one attached hydrogen (secondary N) is 3. The molecule has 0 radical (unpaired) electrons. The molecule has 3 N–H and O–H groups in total. The lowest BCUT2D eigenvalue weighted by Crippen LogP contribution is -3.16. The normalized spacial score (nSPS) is 15.0. The minimum Gasteiger partial charge on any atom is -0.360 e. The minimum atomic E-state index is -0.424. The molecule has 3 amide bonds. The molecule has 2 rings (SSSR count). The Kier molecular flexibility index (Phi) is 7.15. The molecule has 1 aliphatic rings. The van der Waals surface area contributed by atoms with Crippen LogP contribution in [0.2, 0.25) is 0 Å². The molecule has 7 nitrogen and oxygen atoms in total. The average Bonchev–Trinajstić information content (AvgIpc) is 2.60. The number of hydrogen-bond acceptors (Lipinski definition) is 4. The van der Waals surface area contributed by atoms with Gasteiger partial charge >= 0.3 is 6.03 Å². The molecule has 1 fully saturated rings. The zero-order valence-corrected chi connectivity index (χ0v) is 15.8. The summed E-state index contributed by atoms with van der Waals surface area (Å²) in [6.07, 6.45) is 0. The van der Waals surface area contributed by atoms with E-state index in [1.807, 2.05) is 38.1 Å². The van der Waals surface area contributed by atoms with Gasteiger partial charge in [0.1, 0.15) is 0 Å². The van der Waals surface area contributed by atoms with Gasteiger partial charge in [-0.25, -0.2) is 4.79 Å². The Bertz CT molecular complexity index is 635. The molecule has 1 aliphatic heterocycles. The number of carbonyl (C=O) groups excluding carboxylic acids is 3. The van der Waals surface area contributed by atoms with E-state index in [4.69, 9.17) is 0 Å². The third-order valence-corrected chi connectivity index (χ3v) is 4.44. The molecule has 26 heavy (non-hydrogen) atoms. The third kappa shape index (κ3) is 6.15. The van der Waals surface area contributed by atoms with Crippen molar-refractivity contribution in [1.29, 1.82) is 0 Å². The quantitative estimate of drug-likeness (QED) is 0.627. The predicted molar refractivity (Wildman–Crippen MR) is 101 cm³/mol. The maximum atomic E-state index is 12.0. The van der Waals surface area contributed by atoms with Gasteiger partial charge in [-0.15, -0.1) is 0 Å². The van der Waals surface area contributed by atoms with Crippen molar-refractivity contribution in [2.45, 2.75) is 20.8 Å². The van der Waals surface area contributed by atoms with Crippen LogP contribution >= 0.6 is 0 Å². The van der Waals surface area contributed by atoms with Gasteiger partial charge in [0.15, 0.2) is 12.3 Å². The van der Waals surface area contributed by atoms with Crippen LogP contribution in [0.4, 0.5) is 10.5 Å².